The first kappa shape index (κ1) is 25.7. The van der Waals surface area contributed by atoms with Crippen molar-refractivity contribution in [3.63, 3.8) is 0 Å². The van der Waals surface area contributed by atoms with Gasteiger partial charge in [-0.1, -0.05) is 0 Å². The number of hydrogen-bond acceptors (Lipinski definition) is 11. The molecule has 4 N–H and O–H groups in total. The van der Waals surface area contributed by atoms with Crippen molar-refractivity contribution in [3.8, 4) is 0 Å². The van der Waals surface area contributed by atoms with Gasteiger partial charge in [0.1, 0.15) is 5.82 Å². The summed E-state index contributed by atoms with van der Waals surface area (Å²) >= 11 is 0. The normalized spacial score (nSPS) is 17.1. The van der Waals surface area contributed by atoms with Crippen LogP contribution in [-0.4, -0.2) is 101 Å². The standard InChI is InChI=1S/C10H15BN4O3.C10H17BN4O/c1-11(16)14-6-4-13(5-7-14)9-2-3-10(12-8-9)15(17)18;1-11(16)15-6-4-14(5-7-15)9-2-3-10(12)13-8-9/h2-3,8,16H,4-7H2,1H3;2-3,8,16H,4-7H2,1H3,(H2,12,13). The summed E-state index contributed by atoms with van der Waals surface area (Å²) in [4.78, 5) is 26.3. The van der Waals surface area contributed by atoms with Gasteiger partial charge in [0.15, 0.2) is 6.20 Å². The van der Waals surface area contributed by atoms with Gasteiger partial charge in [0, 0.05) is 58.4 Å². The molecule has 2 aliphatic heterocycles. The summed E-state index contributed by atoms with van der Waals surface area (Å²) in [5, 5.41) is 29.4. The molecule has 14 heteroatoms. The number of nitro groups is 1. The van der Waals surface area contributed by atoms with E-state index in [1.54, 1.807) is 25.9 Å². The molecule has 2 aliphatic rings. The zero-order chi connectivity index (χ0) is 24.7. The summed E-state index contributed by atoms with van der Waals surface area (Å²) < 4.78 is 0. The maximum Gasteiger partial charge on any atom is 0.376 e. The largest absolute Gasteiger partial charge is 0.437 e. The van der Waals surface area contributed by atoms with Crippen molar-refractivity contribution < 1.29 is 15.0 Å². The van der Waals surface area contributed by atoms with Crippen LogP contribution in [0.1, 0.15) is 0 Å². The Balaban J connectivity index is 0.000000192. The van der Waals surface area contributed by atoms with Gasteiger partial charge >= 0.3 is 19.9 Å². The predicted molar refractivity (Wildman–Crippen MR) is 135 cm³/mol. The molecule has 4 rings (SSSR count). The Morgan fingerprint density at radius 2 is 1.26 bits per heavy atom. The van der Waals surface area contributed by atoms with Crippen LogP contribution >= 0.6 is 0 Å². The Bertz CT molecular complexity index is 904. The van der Waals surface area contributed by atoms with Gasteiger partial charge in [-0.15, -0.1) is 0 Å². The zero-order valence-corrected chi connectivity index (χ0v) is 19.7. The fourth-order valence-electron chi connectivity index (χ4n) is 3.97. The van der Waals surface area contributed by atoms with E-state index in [1.807, 2.05) is 16.9 Å². The quantitative estimate of drug-likeness (QED) is 0.311. The third-order valence-electron chi connectivity index (χ3n) is 6.11. The van der Waals surface area contributed by atoms with Crippen molar-refractivity contribution in [1.29, 1.82) is 0 Å². The minimum Gasteiger partial charge on any atom is -0.437 e. The number of piperazine rings is 2. The average molecular weight is 470 g/mol. The molecular weight excluding hydrogens is 438 g/mol. The monoisotopic (exact) mass is 470 g/mol. The van der Waals surface area contributed by atoms with Crippen LogP contribution in [0.25, 0.3) is 0 Å². The molecular formula is C20H32B2N8O4. The van der Waals surface area contributed by atoms with Crippen molar-refractivity contribution in [2.75, 3.05) is 67.9 Å². The van der Waals surface area contributed by atoms with Gasteiger partial charge in [-0.3, -0.25) is 0 Å². The van der Waals surface area contributed by atoms with Crippen LogP contribution in [-0.2, 0) is 0 Å². The number of nitrogen functional groups attached to an aromatic ring is 1. The number of pyridine rings is 2. The molecule has 0 aromatic carbocycles. The highest BCUT2D eigenvalue weighted by Crippen LogP contribution is 2.18. The van der Waals surface area contributed by atoms with E-state index < -0.39 is 12.0 Å². The first-order chi connectivity index (χ1) is 16.2. The van der Waals surface area contributed by atoms with Crippen molar-refractivity contribution in [2.24, 2.45) is 0 Å². The van der Waals surface area contributed by atoms with Crippen molar-refractivity contribution in [2.45, 2.75) is 13.6 Å². The lowest BCUT2D eigenvalue weighted by molar-refractivity contribution is -0.389. The second-order valence-corrected chi connectivity index (χ2v) is 8.38. The van der Waals surface area contributed by atoms with Crippen LogP contribution in [0.4, 0.5) is 23.0 Å². The van der Waals surface area contributed by atoms with Crippen LogP contribution in [0.5, 0.6) is 0 Å². The molecule has 2 aromatic heterocycles. The van der Waals surface area contributed by atoms with E-state index >= 15 is 0 Å². The van der Waals surface area contributed by atoms with Crippen LogP contribution in [0.2, 0.25) is 13.6 Å². The molecule has 2 aromatic rings. The van der Waals surface area contributed by atoms with E-state index in [9.17, 15) is 20.2 Å². The third-order valence-corrected chi connectivity index (χ3v) is 6.11. The molecule has 0 spiro atoms. The summed E-state index contributed by atoms with van der Waals surface area (Å²) in [6, 6.07) is 6.93. The molecule has 0 aliphatic carbocycles. The van der Waals surface area contributed by atoms with Gasteiger partial charge in [-0.2, -0.15) is 0 Å². The van der Waals surface area contributed by atoms with Gasteiger partial charge in [-0.25, -0.2) is 4.98 Å². The maximum atomic E-state index is 10.5. The third kappa shape index (κ3) is 7.03. The van der Waals surface area contributed by atoms with Crippen LogP contribution in [0.15, 0.2) is 36.7 Å². The Morgan fingerprint density at radius 1 is 0.824 bits per heavy atom. The molecule has 0 atom stereocenters. The van der Waals surface area contributed by atoms with Crippen molar-refractivity contribution in [1.82, 2.24) is 19.6 Å². The molecule has 0 saturated carbocycles. The summed E-state index contributed by atoms with van der Waals surface area (Å²) in [5.74, 6) is 0.410. The smallest absolute Gasteiger partial charge is 0.376 e. The highest BCUT2D eigenvalue weighted by molar-refractivity contribution is 6.45. The Morgan fingerprint density at radius 3 is 1.59 bits per heavy atom. The van der Waals surface area contributed by atoms with Crippen molar-refractivity contribution >= 4 is 37.1 Å². The summed E-state index contributed by atoms with van der Waals surface area (Å²) in [6.07, 6.45) is 3.32. The molecule has 0 radical (unpaired) electrons. The summed E-state index contributed by atoms with van der Waals surface area (Å²) in [7, 11) is -0.783. The number of aromatic nitrogens is 2. The Hall–Kier alpha value is -2.93. The van der Waals surface area contributed by atoms with Gasteiger partial charge in [-0.05, 0) is 41.8 Å². The number of rotatable bonds is 5. The fourth-order valence-corrected chi connectivity index (χ4v) is 3.97. The highest BCUT2D eigenvalue weighted by atomic mass is 16.6. The van der Waals surface area contributed by atoms with Gasteiger partial charge < -0.3 is 45.3 Å². The molecule has 182 valence electrons. The predicted octanol–water partition coefficient (Wildman–Crippen LogP) is 0.118. The van der Waals surface area contributed by atoms with E-state index in [2.05, 4.69) is 24.6 Å². The topological polar surface area (TPSA) is 148 Å². The maximum absolute atomic E-state index is 10.5. The van der Waals surface area contributed by atoms with E-state index in [4.69, 9.17) is 5.73 Å². The lowest BCUT2D eigenvalue weighted by Gasteiger charge is -2.36. The summed E-state index contributed by atoms with van der Waals surface area (Å²) in [6.45, 7) is 10.2. The molecule has 12 nitrogen and oxygen atoms in total. The van der Waals surface area contributed by atoms with Crippen LogP contribution in [0, 0.1) is 10.1 Å². The number of nitrogens with two attached hydrogens (primary N) is 1. The lowest BCUT2D eigenvalue weighted by Crippen LogP contribution is -2.51. The van der Waals surface area contributed by atoms with E-state index in [-0.39, 0.29) is 12.9 Å². The van der Waals surface area contributed by atoms with E-state index in [0.29, 0.717) is 5.82 Å². The SMILES string of the molecule is CB(O)N1CCN(c2ccc(N)nc2)CC1.CB(O)N1CCN(c2ccc([N+](=O)[O-])nc2)CC1. The Kier molecular flexibility index (Phi) is 9.05. The van der Waals surface area contributed by atoms with Gasteiger partial charge in [0.25, 0.3) is 0 Å². The Labute approximate surface area is 200 Å². The molecule has 0 amide bonds. The second-order valence-electron chi connectivity index (χ2n) is 8.38. The molecule has 2 saturated heterocycles. The highest BCUT2D eigenvalue weighted by Gasteiger charge is 2.24. The summed E-state index contributed by atoms with van der Waals surface area (Å²) in [5.41, 5.74) is 7.52. The first-order valence-corrected chi connectivity index (χ1v) is 11.4. The molecule has 0 unspecified atom stereocenters. The fraction of sp³-hybridized carbons (Fsp3) is 0.500. The number of anilines is 3. The minimum atomic E-state index is -0.505. The van der Waals surface area contributed by atoms with Crippen LogP contribution in [0.3, 0.4) is 0 Å². The molecule has 0 bridgehead atoms. The minimum absolute atomic E-state index is 0.138. The van der Waals surface area contributed by atoms with E-state index in [1.165, 1.54) is 12.3 Å². The van der Waals surface area contributed by atoms with Gasteiger partial charge in [0.05, 0.1) is 17.6 Å². The zero-order valence-electron chi connectivity index (χ0n) is 19.7. The lowest BCUT2D eigenvalue weighted by atomic mass is 9.84. The average Bonchev–Trinajstić information content (AvgIpc) is 2.85. The second kappa shape index (κ2) is 12.0. The number of hydrogen-bond donors (Lipinski definition) is 3. The van der Waals surface area contributed by atoms with Crippen LogP contribution < -0.4 is 15.5 Å². The van der Waals surface area contributed by atoms with Gasteiger partial charge in [0.2, 0.25) is 0 Å². The van der Waals surface area contributed by atoms with E-state index in [0.717, 1.165) is 63.7 Å². The molecule has 4 heterocycles. The molecule has 34 heavy (non-hydrogen) atoms. The van der Waals surface area contributed by atoms with Crippen molar-refractivity contribution in [3.05, 3.63) is 46.8 Å². The first-order valence-electron chi connectivity index (χ1n) is 11.4. The number of nitrogens with zero attached hydrogens (tertiary/aromatic N) is 7. The molecule has 2 fully saturated rings.